The van der Waals surface area contributed by atoms with Gasteiger partial charge in [0.05, 0.1) is 0 Å². The van der Waals surface area contributed by atoms with Crippen molar-refractivity contribution in [1.29, 1.82) is 0 Å². The summed E-state index contributed by atoms with van der Waals surface area (Å²) in [6.45, 7) is 3.26. The zero-order chi connectivity index (χ0) is 12.6. The summed E-state index contributed by atoms with van der Waals surface area (Å²) in [5, 5.41) is 3.68. The summed E-state index contributed by atoms with van der Waals surface area (Å²) in [5.41, 5.74) is 0. The topological polar surface area (TPSA) is 40.7 Å². The first-order valence-electron chi connectivity index (χ1n) is 7.61. The van der Waals surface area contributed by atoms with Crippen molar-refractivity contribution in [3.63, 3.8) is 0 Å². The van der Waals surface area contributed by atoms with Gasteiger partial charge in [-0.25, -0.2) is 4.98 Å². The summed E-state index contributed by atoms with van der Waals surface area (Å²) in [6.07, 6.45) is 14.7. The third kappa shape index (κ3) is 4.13. The van der Waals surface area contributed by atoms with Gasteiger partial charge >= 0.3 is 0 Å². The Hall–Kier alpha value is -0.830. The van der Waals surface area contributed by atoms with Crippen molar-refractivity contribution in [2.75, 3.05) is 6.54 Å². The van der Waals surface area contributed by atoms with Crippen molar-refractivity contribution >= 4 is 0 Å². The van der Waals surface area contributed by atoms with E-state index in [1.807, 2.05) is 12.4 Å². The molecule has 0 amide bonds. The largest absolute Gasteiger partial charge is 0.349 e. The molecule has 3 heteroatoms. The Labute approximate surface area is 111 Å². The van der Waals surface area contributed by atoms with E-state index in [1.165, 1.54) is 44.9 Å². The summed E-state index contributed by atoms with van der Waals surface area (Å²) in [7, 11) is 0. The number of H-pyrrole nitrogens is 1. The third-order valence-corrected chi connectivity index (χ3v) is 4.15. The molecule has 1 aliphatic carbocycles. The monoisotopic (exact) mass is 249 g/mol. The van der Waals surface area contributed by atoms with E-state index in [1.54, 1.807) is 0 Å². The molecule has 1 aromatic rings. The lowest BCUT2D eigenvalue weighted by molar-refractivity contribution is 0.283. The van der Waals surface area contributed by atoms with Crippen LogP contribution >= 0.6 is 0 Å². The second kappa shape index (κ2) is 7.57. The van der Waals surface area contributed by atoms with Crippen LogP contribution in [0.5, 0.6) is 0 Å². The molecule has 2 rings (SSSR count). The highest BCUT2D eigenvalue weighted by molar-refractivity contribution is 4.93. The van der Waals surface area contributed by atoms with Gasteiger partial charge in [-0.3, -0.25) is 0 Å². The zero-order valence-corrected chi connectivity index (χ0v) is 11.6. The smallest absolute Gasteiger partial charge is 0.107 e. The average molecular weight is 249 g/mol. The van der Waals surface area contributed by atoms with Crippen LogP contribution in [0.2, 0.25) is 0 Å². The number of nitrogens with one attached hydrogen (secondary N) is 2. The number of aromatic nitrogens is 2. The summed E-state index contributed by atoms with van der Waals surface area (Å²) in [4.78, 5) is 7.62. The highest BCUT2D eigenvalue weighted by Crippen LogP contribution is 2.26. The molecule has 1 unspecified atom stereocenters. The Morgan fingerprint density at radius 3 is 2.61 bits per heavy atom. The molecular weight excluding hydrogens is 222 g/mol. The Bertz CT molecular complexity index is 300. The van der Waals surface area contributed by atoms with Crippen molar-refractivity contribution in [3.05, 3.63) is 18.2 Å². The predicted molar refractivity (Wildman–Crippen MR) is 75.6 cm³/mol. The molecule has 1 heterocycles. The quantitative estimate of drug-likeness (QED) is 0.840. The number of hydrogen-bond donors (Lipinski definition) is 2. The van der Waals surface area contributed by atoms with Crippen LogP contribution in [-0.4, -0.2) is 22.6 Å². The van der Waals surface area contributed by atoms with Crippen molar-refractivity contribution < 1.29 is 0 Å². The van der Waals surface area contributed by atoms with E-state index < -0.39 is 0 Å². The first-order chi connectivity index (χ1) is 8.90. The maximum Gasteiger partial charge on any atom is 0.107 e. The van der Waals surface area contributed by atoms with Gasteiger partial charge in [0.15, 0.2) is 0 Å². The van der Waals surface area contributed by atoms with E-state index in [9.17, 15) is 0 Å². The minimum Gasteiger partial charge on any atom is -0.349 e. The van der Waals surface area contributed by atoms with Gasteiger partial charge in [0.1, 0.15) is 5.82 Å². The number of imidazole rings is 1. The second-order valence-corrected chi connectivity index (χ2v) is 5.51. The van der Waals surface area contributed by atoms with Crippen LogP contribution < -0.4 is 5.32 Å². The Morgan fingerprint density at radius 1 is 1.28 bits per heavy atom. The van der Waals surface area contributed by atoms with Gasteiger partial charge in [0.25, 0.3) is 0 Å². The highest BCUT2D eigenvalue weighted by Gasteiger charge is 2.22. The second-order valence-electron chi connectivity index (χ2n) is 5.51. The fourth-order valence-corrected chi connectivity index (χ4v) is 3.18. The molecule has 18 heavy (non-hydrogen) atoms. The lowest BCUT2D eigenvalue weighted by atomic mass is 9.84. The van der Waals surface area contributed by atoms with Crippen molar-refractivity contribution in [3.8, 4) is 0 Å². The molecule has 102 valence electrons. The maximum absolute atomic E-state index is 4.38. The summed E-state index contributed by atoms with van der Waals surface area (Å²) in [6, 6.07) is 0.597. The van der Waals surface area contributed by atoms with Crippen LogP contribution in [0.15, 0.2) is 12.4 Å². The van der Waals surface area contributed by atoms with Crippen LogP contribution in [0.3, 0.4) is 0 Å². The molecule has 0 bridgehead atoms. The van der Waals surface area contributed by atoms with E-state index in [4.69, 9.17) is 0 Å². The molecular formula is C15H27N3. The van der Waals surface area contributed by atoms with E-state index in [0.717, 1.165) is 24.7 Å². The molecule has 3 nitrogen and oxygen atoms in total. The number of nitrogens with zero attached hydrogens (tertiary/aromatic N) is 1. The number of rotatable bonds is 5. The molecule has 1 saturated carbocycles. The summed E-state index contributed by atoms with van der Waals surface area (Å²) < 4.78 is 0. The van der Waals surface area contributed by atoms with Crippen molar-refractivity contribution in [1.82, 2.24) is 15.3 Å². The minimum absolute atomic E-state index is 0.597. The van der Waals surface area contributed by atoms with Gasteiger partial charge in [-0.1, -0.05) is 39.0 Å². The molecule has 0 aliphatic heterocycles. The van der Waals surface area contributed by atoms with Crippen LogP contribution in [0.4, 0.5) is 0 Å². The standard InChI is InChI=1S/C15H27N3/c1-2-16-14(12-15-17-10-11-18-15)13-8-6-4-3-5-7-9-13/h10-11,13-14,16H,2-9,12H2,1H3,(H,17,18). The highest BCUT2D eigenvalue weighted by atomic mass is 14.9. The Kier molecular flexibility index (Phi) is 5.72. The minimum atomic E-state index is 0.597. The van der Waals surface area contributed by atoms with Gasteiger partial charge in [-0.2, -0.15) is 0 Å². The first kappa shape index (κ1) is 13.6. The van der Waals surface area contributed by atoms with Gasteiger partial charge in [-0.05, 0) is 25.3 Å². The maximum atomic E-state index is 4.38. The van der Waals surface area contributed by atoms with E-state index in [0.29, 0.717) is 6.04 Å². The van der Waals surface area contributed by atoms with Crippen LogP contribution in [0.25, 0.3) is 0 Å². The summed E-state index contributed by atoms with van der Waals surface area (Å²) >= 11 is 0. The van der Waals surface area contributed by atoms with Crippen LogP contribution in [0.1, 0.15) is 57.7 Å². The van der Waals surface area contributed by atoms with Crippen LogP contribution in [-0.2, 0) is 6.42 Å². The lowest BCUT2D eigenvalue weighted by Crippen LogP contribution is -2.38. The summed E-state index contributed by atoms with van der Waals surface area (Å²) in [5.74, 6) is 1.96. The molecule has 1 atom stereocenters. The lowest BCUT2D eigenvalue weighted by Gasteiger charge is -2.29. The molecule has 0 spiro atoms. The van der Waals surface area contributed by atoms with Crippen molar-refractivity contribution in [2.24, 2.45) is 5.92 Å². The van der Waals surface area contributed by atoms with E-state index in [2.05, 4.69) is 22.2 Å². The fourth-order valence-electron chi connectivity index (χ4n) is 3.18. The SMILES string of the molecule is CCNC(Cc1ncc[nH]1)C1CCCCCCC1. The van der Waals surface area contributed by atoms with E-state index >= 15 is 0 Å². The molecule has 0 radical (unpaired) electrons. The number of hydrogen-bond acceptors (Lipinski definition) is 2. The first-order valence-corrected chi connectivity index (χ1v) is 7.61. The predicted octanol–water partition coefficient (Wildman–Crippen LogP) is 3.29. The fraction of sp³-hybridized carbons (Fsp3) is 0.800. The Morgan fingerprint density at radius 2 is 2.00 bits per heavy atom. The molecule has 1 aromatic heterocycles. The normalized spacial score (nSPS) is 20.3. The van der Waals surface area contributed by atoms with Crippen molar-refractivity contribution in [2.45, 2.75) is 64.3 Å². The Balaban J connectivity index is 1.93. The molecule has 1 aliphatic rings. The molecule has 0 saturated heterocycles. The van der Waals surface area contributed by atoms with Gasteiger partial charge in [-0.15, -0.1) is 0 Å². The molecule has 1 fully saturated rings. The van der Waals surface area contributed by atoms with Gasteiger partial charge in [0.2, 0.25) is 0 Å². The number of aromatic amines is 1. The van der Waals surface area contributed by atoms with Gasteiger partial charge < -0.3 is 10.3 Å². The zero-order valence-electron chi connectivity index (χ0n) is 11.6. The molecule has 2 N–H and O–H groups in total. The molecule has 0 aromatic carbocycles. The van der Waals surface area contributed by atoms with Crippen LogP contribution in [0, 0.1) is 5.92 Å². The average Bonchev–Trinajstić information content (AvgIpc) is 2.81. The van der Waals surface area contributed by atoms with E-state index in [-0.39, 0.29) is 0 Å². The third-order valence-electron chi connectivity index (χ3n) is 4.15. The van der Waals surface area contributed by atoms with Gasteiger partial charge in [0, 0.05) is 24.9 Å². The number of likely N-dealkylation sites (N-methyl/N-ethyl adjacent to an activating group) is 1.